The fraction of sp³-hybridized carbons (Fsp3) is 0.650. The molecule has 1 amide bonds. The standard InChI is InChI=1S/C20H31N3O2/c1-20(16-24)9-5-8-18(20)21-19(25)15-23-12-10-22(11-13-23)14-17-6-3-2-4-7-17/h2-4,6-7,18,24H,5,8-16H2,1H3,(H,21,25). The van der Waals surface area contributed by atoms with Crippen LogP contribution in [0.25, 0.3) is 0 Å². The molecule has 1 saturated carbocycles. The maximum atomic E-state index is 12.4. The molecule has 2 unspecified atom stereocenters. The summed E-state index contributed by atoms with van der Waals surface area (Å²) in [6, 6.07) is 10.7. The minimum absolute atomic E-state index is 0.100. The van der Waals surface area contributed by atoms with Crippen molar-refractivity contribution in [1.29, 1.82) is 0 Å². The average Bonchev–Trinajstić information content (AvgIpc) is 2.99. The Morgan fingerprint density at radius 2 is 1.88 bits per heavy atom. The molecule has 2 atom stereocenters. The number of amides is 1. The Hall–Kier alpha value is -1.43. The molecule has 2 aliphatic rings. The van der Waals surface area contributed by atoms with Gasteiger partial charge in [0.15, 0.2) is 0 Å². The highest BCUT2D eigenvalue weighted by Gasteiger charge is 2.39. The molecule has 3 rings (SSSR count). The van der Waals surface area contributed by atoms with E-state index in [0.29, 0.717) is 6.54 Å². The Bertz CT molecular complexity index is 557. The molecule has 1 heterocycles. The number of piperazine rings is 1. The highest BCUT2D eigenvalue weighted by Crippen LogP contribution is 2.37. The summed E-state index contributed by atoms with van der Waals surface area (Å²) in [6.45, 7) is 7.54. The molecule has 0 radical (unpaired) electrons. The maximum absolute atomic E-state index is 12.4. The number of rotatable bonds is 6. The van der Waals surface area contributed by atoms with Crippen LogP contribution in [-0.2, 0) is 11.3 Å². The van der Waals surface area contributed by atoms with E-state index in [1.807, 2.05) is 6.07 Å². The van der Waals surface area contributed by atoms with Crippen LogP contribution >= 0.6 is 0 Å². The second kappa shape index (κ2) is 8.30. The van der Waals surface area contributed by atoms with Crippen molar-refractivity contribution in [2.24, 2.45) is 5.41 Å². The zero-order valence-corrected chi connectivity index (χ0v) is 15.3. The number of nitrogens with zero attached hydrogens (tertiary/aromatic N) is 2. The van der Waals surface area contributed by atoms with Crippen LogP contribution in [0.5, 0.6) is 0 Å². The predicted octanol–water partition coefficient (Wildman–Crippen LogP) is 1.47. The average molecular weight is 345 g/mol. The first kappa shape index (κ1) is 18.4. The fourth-order valence-corrected chi connectivity index (χ4v) is 4.06. The van der Waals surface area contributed by atoms with Gasteiger partial charge in [0, 0.05) is 44.2 Å². The molecular formula is C20H31N3O2. The van der Waals surface area contributed by atoms with Crippen LogP contribution in [0.15, 0.2) is 30.3 Å². The number of hydrogen-bond acceptors (Lipinski definition) is 4. The molecule has 5 nitrogen and oxygen atoms in total. The van der Waals surface area contributed by atoms with Gasteiger partial charge in [-0.3, -0.25) is 14.6 Å². The van der Waals surface area contributed by atoms with Crippen molar-refractivity contribution in [2.75, 3.05) is 39.3 Å². The van der Waals surface area contributed by atoms with Crippen molar-refractivity contribution < 1.29 is 9.90 Å². The van der Waals surface area contributed by atoms with E-state index < -0.39 is 0 Å². The van der Waals surface area contributed by atoms with Gasteiger partial charge in [0.2, 0.25) is 5.91 Å². The third kappa shape index (κ3) is 4.81. The van der Waals surface area contributed by atoms with Crippen LogP contribution in [-0.4, -0.2) is 66.2 Å². The van der Waals surface area contributed by atoms with E-state index in [0.717, 1.165) is 52.0 Å². The number of aliphatic hydroxyl groups excluding tert-OH is 1. The molecule has 1 aliphatic heterocycles. The quantitative estimate of drug-likeness (QED) is 0.820. The molecule has 25 heavy (non-hydrogen) atoms. The molecule has 138 valence electrons. The Morgan fingerprint density at radius 3 is 2.56 bits per heavy atom. The monoisotopic (exact) mass is 345 g/mol. The molecule has 1 aliphatic carbocycles. The van der Waals surface area contributed by atoms with Gasteiger partial charge in [-0.15, -0.1) is 0 Å². The lowest BCUT2D eigenvalue weighted by Gasteiger charge is -2.35. The van der Waals surface area contributed by atoms with Crippen LogP contribution in [0.4, 0.5) is 0 Å². The fourth-order valence-electron chi connectivity index (χ4n) is 4.06. The number of hydrogen-bond donors (Lipinski definition) is 2. The van der Waals surface area contributed by atoms with Gasteiger partial charge in [-0.25, -0.2) is 0 Å². The van der Waals surface area contributed by atoms with Gasteiger partial charge in [-0.2, -0.15) is 0 Å². The predicted molar refractivity (Wildman–Crippen MR) is 99.1 cm³/mol. The number of aliphatic hydroxyl groups is 1. The Labute approximate surface area is 151 Å². The van der Waals surface area contributed by atoms with Gasteiger partial charge in [-0.1, -0.05) is 43.7 Å². The summed E-state index contributed by atoms with van der Waals surface area (Å²) in [4.78, 5) is 17.1. The molecule has 0 bridgehead atoms. The molecule has 1 saturated heterocycles. The largest absolute Gasteiger partial charge is 0.396 e. The lowest BCUT2D eigenvalue weighted by atomic mass is 9.86. The maximum Gasteiger partial charge on any atom is 0.234 e. The summed E-state index contributed by atoms with van der Waals surface area (Å²) in [5, 5.41) is 12.8. The Balaban J connectivity index is 1.40. The van der Waals surface area contributed by atoms with E-state index >= 15 is 0 Å². The summed E-state index contributed by atoms with van der Waals surface area (Å²) >= 11 is 0. The molecule has 2 fully saturated rings. The van der Waals surface area contributed by atoms with Gasteiger partial charge < -0.3 is 10.4 Å². The van der Waals surface area contributed by atoms with E-state index in [1.165, 1.54) is 5.56 Å². The molecule has 0 spiro atoms. The highest BCUT2D eigenvalue weighted by molar-refractivity contribution is 5.78. The third-order valence-electron chi connectivity index (χ3n) is 5.86. The first-order chi connectivity index (χ1) is 12.1. The zero-order valence-electron chi connectivity index (χ0n) is 15.3. The van der Waals surface area contributed by atoms with E-state index in [9.17, 15) is 9.90 Å². The van der Waals surface area contributed by atoms with Gasteiger partial charge in [0.1, 0.15) is 0 Å². The van der Waals surface area contributed by atoms with Crippen molar-refractivity contribution in [1.82, 2.24) is 15.1 Å². The second-order valence-electron chi connectivity index (χ2n) is 7.86. The Morgan fingerprint density at radius 1 is 1.20 bits per heavy atom. The number of nitrogens with one attached hydrogen (secondary N) is 1. The first-order valence-corrected chi connectivity index (χ1v) is 9.48. The minimum Gasteiger partial charge on any atom is -0.396 e. The van der Waals surface area contributed by atoms with Gasteiger partial charge in [0.25, 0.3) is 0 Å². The van der Waals surface area contributed by atoms with Crippen LogP contribution < -0.4 is 5.32 Å². The van der Waals surface area contributed by atoms with Crippen molar-refractivity contribution >= 4 is 5.91 Å². The summed E-state index contributed by atoms with van der Waals surface area (Å²) in [5.41, 5.74) is 1.20. The van der Waals surface area contributed by atoms with Crippen LogP contribution in [0.2, 0.25) is 0 Å². The second-order valence-corrected chi connectivity index (χ2v) is 7.86. The minimum atomic E-state index is -0.149. The number of carbonyl (C=O) groups is 1. The van der Waals surface area contributed by atoms with Crippen LogP contribution in [0.1, 0.15) is 31.7 Å². The summed E-state index contributed by atoms with van der Waals surface area (Å²) in [6.07, 6.45) is 3.06. The third-order valence-corrected chi connectivity index (χ3v) is 5.86. The summed E-state index contributed by atoms with van der Waals surface area (Å²) in [7, 11) is 0. The molecule has 5 heteroatoms. The molecule has 2 N–H and O–H groups in total. The zero-order chi connectivity index (χ0) is 17.7. The van der Waals surface area contributed by atoms with Crippen LogP contribution in [0, 0.1) is 5.41 Å². The van der Waals surface area contributed by atoms with Crippen molar-refractivity contribution in [3.63, 3.8) is 0 Å². The van der Waals surface area contributed by atoms with Crippen molar-refractivity contribution in [2.45, 2.75) is 38.8 Å². The number of benzene rings is 1. The Kier molecular flexibility index (Phi) is 6.10. The molecule has 1 aromatic carbocycles. The van der Waals surface area contributed by atoms with Crippen molar-refractivity contribution in [3.05, 3.63) is 35.9 Å². The number of carbonyl (C=O) groups excluding carboxylic acids is 1. The van der Waals surface area contributed by atoms with E-state index in [2.05, 4.69) is 46.3 Å². The van der Waals surface area contributed by atoms with Crippen LogP contribution in [0.3, 0.4) is 0 Å². The topological polar surface area (TPSA) is 55.8 Å². The van der Waals surface area contributed by atoms with E-state index in [1.54, 1.807) is 0 Å². The highest BCUT2D eigenvalue weighted by atomic mass is 16.3. The van der Waals surface area contributed by atoms with Gasteiger partial charge in [-0.05, 0) is 18.4 Å². The molecule has 1 aromatic rings. The van der Waals surface area contributed by atoms with E-state index in [-0.39, 0.29) is 24.0 Å². The molecule has 0 aromatic heterocycles. The van der Waals surface area contributed by atoms with Gasteiger partial charge in [0.05, 0.1) is 13.2 Å². The van der Waals surface area contributed by atoms with Gasteiger partial charge >= 0.3 is 0 Å². The summed E-state index contributed by atoms with van der Waals surface area (Å²) < 4.78 is 0. The molecular weight excluding hydrogens is 314 g/mol. The smallest absolute Gasteiger partial charge is 0.234 e. The summed E-state index contributed by atoms with van der Waals surface area (Å²) in [5.74, 6) is 0.100. The SMILES string of the molecule is CC1(CO)CCCC1NC(=O)CN1CCN(Cc2ccccc2)CC1. The van der Waals surface area contributed by atoms with E-state index in [4.69, 9.17) is 0 Å². The first-order valence-electron chi connectivity index (χ1n) is 9.48. The lowest BCUT2D eigenvalue weighted by molar-refractivity contribution is -0.124. The lowest BCUT2D eigenvalue weighted by Crippen LogP contribution is -2.52. The van der Waals surface area contributed by atoms with Crippen molar-refractivity contribution in [3.8, 4) is 0 Å². The normalized spacial score (nSPS) is 28.2.